The standard InChI is InChI=1S/C13H17NO4/c1-8(2)12(13(17)18)14-11(16)7-9-5-3-4-6-10(9)15/h3-6,8,12,15H,7H2,1-2H3,(H,14,16)(H,17,18)/t12-/m1/s1. The van der Waals surface area contributed by atoms with E-state index in [4.69, 9.17) is 5.11 Å². The van der Waals surface area contributed by atoms with Gasteiger partial charge in [-0.15, -0.1) is 0 Å². The number of phenolic OH excluding ortho intramolecular Hbond substituents is 1. The van der Waals surface area contributed by atoms with Gasteiger partial charge in [0.1, 0.15) is 11.8 Å². The molecule has 0 aliphatic heterocycles. The summed E-state index contributed by atoms with van der Waals surface area (Å²) < 4.78 is 0. The molecule has 1 atom stereocenters. The number of carboxylic acid groups (broad SMARTS) is 1. The lowest BCUT2D eigenvalue weighted by Crippen LogP contribution is -2.44. The molecule has 0 fully saturated rings. The molecule has 0 radical (unpaired) electrons. The molecule has 1 aromatic rings. The predicted molar refractivity (Wildman–Crippen MR) is 66.2 cm³/mol. The van der Waals surface area contributed by atoms with Crippen molar-refractivity contribution in [3.8, 4) is 5.75 Å². The zero-order valence-electron chi connectivity index (χ0n) is 10.4. The molecule has 18 heavy (non-hydrogen) atoms. The van der Waals surface area contributed by atoms with Gasteiger partial charge in [-0.3, -0.25) is 4.79 Å². The Bertz CT molecular complexity index is 442. The molecule has 1 aromatic carbocycles. The van der Waals surface area contributed by atoms with Gasteiger partial charge in [-0.1, -0.05) is 32.0 Å². The summed E-state index contributed by atoms with van der Waals surface area (Å²) in [6, 6.07) is 5.56. The Labute approximate surface area is 105 Å². The Balaban J connectivity index is 2.67. The molecule has 0 heterocycles. The number of aliphatic carboxylic acids is 1. The highest BCUT2D eigenvalue weighted by atomic mass is 16.4. The number of phenols is 1. The average Bonchev–Trinajstić information content (AvgIpc) is 2.28. The highest BCUT2D eigenvalue weighted by Gasteiger charge is 2.23. The summed E-state index contributed by atoms with van der Waals surface area (Å²) in [5, 5.41) is 20.9. The summed E-state index contributed by atoms with van der Waals surface area (Å²) in [4.78, 5) is 22.6. The van der Waals surface area contributed by atoms with E-state index in [2.05, 4.69) is 5.32 Å². The van der Waals surface area contributed by atoms with Gasteiger partial charge in [-0.25, -0.2) is 4.79 Å². The number of amides is 1. The molecule has 0 spiro atoms. The molecule has 0 unspecified atom stereocenters. The zero-order chi connectivity index (χ0) is 13.7. The topological polar surface area (TPSA) is 86.6 Å². The number of para-hydroxylation sites is 1. The van der Waals surface area contributed by atoms with Gasteiger partial charge in [0, 0.05) is 5.56 Å². The van der Waals surface area contributed by atoms with Crippen LogP contribution >= 0.6 is 0 Å². The van der Waals surface area contributed by atoms with Crippen LogP contribution in [-0.4, -0.2) is 28.1 Å². The SMILES string of the molecule is CC(C)[C@@H](NC(=O)Cc1ccccc1O)C(=O)O. The molecule has 5 heteroatoms. The molecule has 0 aliphatic rings. The summed E-state index contributed by atoms with van der Waals surface area (Å²) in [5.74, 6) is -1.65. The maximum absolute atomic E-state index is 11.7. The van der Waals surface area contributed by atoms with Crippen LogP contribution in [0.25, 0.3) is 0 Å². The first-order valence-corrected chi connectivity index (χ1v) is 5.71. The van der Waals surface area contributed by atoms with E-state index in [1.807, 2.05) is 0 Å². The van der Waals surface area contributed by atoms with Crippen molar-refractivity contribution in [3.05, 3.63) is 29.8 Å². The Morgan fingerprint density at radius 3 is 2.39 bits per heavy atom. The summed E-state index contributed by atoms with van der Waals surface area (Å²) in [6.07, 6.45) is -0.0385. The first-order valence-electron chi connectivity index (χ1n) is 5.71. The van der Waals surface area contributed by atoms with Crippen molar-refractivity contribution in [2.75, 3.05) is 0 Å². The lowest BCUT2D eigenvalue weighted by Gasteiger charge is -2.18. The average molecular weight is 251 g/mol. The minimum absolute atomic E-state index is 0.0315. The van der Waals surface area contributed by atoms with Crippen molar-refractivity contribution in [2.45, 2.75) is 26.3 Å². The lowest BCUT2D eigenvalue weighted by atomic mass is 10.0. The molecule has 5 nitrogen and oxygen atoms in total. The smallest absolute Gasteiger partial charge is 0.326 e. The molecular formula is C13H17NO4. The van der Waals surface area contributed by atoms with Crippen LogP contribution in [0.4, 0.5) is 0 Å². The highest BCUT2D eigenvalue weighted by molar-refractivity contribution is 5.85. The first kappa shape index (κ1) is 14.0. The van der Waals surface area contributed by atoms with E-state index in [1.54, 1.807) is 32.0 Å². The van der Waals surface area contributed by atoms with E-state index in [-0.39, 0.29) is 18.1 Å². The van der Waals surface area contributed by atoms with Crippen LogP contribution < -0.4 is 5.32 Å². The Kier molecular flexibility index (Phi) is 4.71. The van der Waals surface area contributed by atoms with E-state index < -0.39 is 17.9 Å². The van der Waals surface area contributed by atoms with Gasteiger partial charge < -0.3 is 15.5 Å². The fourth-order valence-corrected chi connectivity index (χ4v) is 1.57. The number of carbonyl (C=O) groups is 2. The molecule has 0 saturated heterocycles. The van der Waals surface area contributed by atoms with Crippen LogP contribution in [0.3, 0.4) is 0 Å². The van der Waals surface area contributed by atoms with Gasteiger partial charge in [0.2, 0.25) is 5.91 Å². The Hall–Kier alpha value is -2.04. The van der Waals surface area contributed by atoms with Crippen molar-refractivity contribution < 1.29 is 19.8 Å². The van der Waals surface area contributed by atoms with Crippen LogP contribution in [0.2, 0.25) is 0 Å². The van der Waals surface area contributed by atoms with E-state index in [1.165, 1.54) is 6.07 Å². The molecule has 0 bridgehead atoms. The van der Waals surface area contributed by atoms with Gasteiger partial charge in [-0.2, -0.15) is 0 Å². The normalized spacial score (nSPS) is 12.2. The molecule has 98 valence electrons. The summed E-state index contributed by atoms with van der Waals surface area (Å²) in [6.45, 7) is 3.44. The largest absolute Gasteiger partial charge is 0.508 e. The molecule has 0 aromatic heterocycles. The van der Waals surface area contributed by atoms with Crippen LogP contribution in [0.5, 0.6) is 5.75 Å². The van der Waals surface area contributed by atoms with E-state index in [0.717, 1.165) is 0 Å². The zero-order valence-corrected chi connectivity index (χ0v) is 10.4. The summed E-state index contributed by atoms with van der Waals surface area (Å²) >= 11 is 0. The second-order valence-corrected chi connectivity index (χ2v) is 4.43. The fourth-order valence-electron chi connectivity index (χ4n) is 1.57. The van der Waals surface area contributed by atoms with E-state index >= 15 is 0 Å². The molecule has 1 amide bonds. The maximum atomic E-state index is 11.7. The van der Waals surface area contributed by atoms with Crippen LogP contribution in [-0.2, 0) is 16.0 Å². The quantitative estimate of drug-likeness (QED) is 0.733. The lowest BCUT2D eigenvalue weighted by molar-refractivity contribution is -0.143. The first-order chi connectivity index (χ1) is 8.41. The van der Waals surface area contributed by atoms with Crippen molar-refractivity contribution in [1.82, 2.24) is 5.32 Å². The van der Waals surface area contributed by atoms with Gasteiger partial charge >= 0.3 is 5.97 Å². The van der Waals surface area contributed by atoms with Gasteiger partial charge in [0.15, 0.2) is 0 Å². The number of benzene rings is 1. The Morgan fingerprint density at radius 2 is 1.89 bits per heavy atom. The molecule has 0 saturated carbocycles. The predicted octanol–water partition coefficient (Wildman–Crippen LogP) is 1.16. The van der Waals surface area contributed by atoms with Gasteiger partial charge in [0.05, 0.1) is 6.42 Å². The molecule has 1 rings (SSSR count). The number of hydrogen-bond acceptors (Lipinski definition) is 3. The van der Waals surface area contributed by atoms with E-state index in [9.17, 15) is 14.7 Å². The Morgan fingerprint density at radius 1 is 1.28 bits per heavy atom. The van der Waals surface area contributed by atoms with Crippen LogP contribution in [0.15, 0.2) is 24.3 Å². The van der Waals surface area contributed by atoms with Crippen molar-refractivity contribution in [1.29, 1.82) is 0 Å². The summed E-state index contributed by atoms with van der Waals surface area (Å²) in [7, 11) is 0. The number of carbonyl (C=O) groups excluding carboxylic acids is 1. The van der Waals surface area contributed by atoms with Crippen molar-refractivity contribution in [3.63, 3.8) is 0 Å². The third-order valence-corrected chi connectivity index (χ3v) is 2.59. The minimum Gasteiger partial charge on any atom is -0.508 e. The number of rotatable bonds is 5. The summed E-state index contributed by atoms with van der Waals surface area (Å²) in [5.41, 5.74) is 0.475. The second kappa shape index (κ2) is 6.05. The number of nitrogens with one attached hydrogen (secondary N) is 1. The fraction of sp³-hybridized carbons (Fsp3) is 0.385. The van der Waals surface area contributed by atoms with Crippen molar-refractivity contribution in [2.24, 2.45) is 5.92 Å². The van der Waals surface area contributed by atoms with Crippen molar-refractivity contribution >= 4 is 11.9 Å². The highest BCUT2D eigenvalue weighted by Crippen LogP contribution is 2.16. The number of carboxylic acids is 1. The van der Waals surface area contributed by atoms with Crippen LogP contribution in [0.1, 0.15) is 19.4 Å². The third-order valence-electron chi connectivity index (χ3n) is 2.59. The molecular weight excluding hydrogens is 234 g/mol. The van der Waals surface area contributed by atoms with Gasteiger partial charge in [-0.05, 0) is 12.0 Å². The minimum atomic E-state index is -1.06. The van der Waals surface area contributed by atoms with Gasteiger partial charge in [0.25, 0.3) is 0 Å². The number of aromatic hydroxyl groups is 1. The molecule has 3 N–H and O–H groups in total. The maximum Gasteiger partial charge on any atom is 0.326 e. The molecule has 0 aliphatic carbocycles. The third kappa shape index (κ3) is 3.76. The second-order valence-electron chi connectivity index (χ2n) is 4.43. The van der Waals surface area contributed by atoms with E-state index in [0.29, 0.717) is 5.56 Å². The van der Waals surface area contributed by atoms with Crippen LogP contribution in [0, 0.1) is 5.92 Å². The monoisotopic (exact) mass is 251 g/mol. The number of hydrogen-bond donors (Lipinski definition) is 3.